The quantitative estimate of drug-likeness (QED) is 0.240. The summed E-state index contributed by atoms with van der Waals surface area (Å²) in [6.07, 6.45) is -1.90. The van der Waals surface area contributed by atoms with Crippen molar-refractivity contribution in [2.24, 2.45) is 0 Å². The van der Waals surface area contributed by atoms with Gasteiger partial charge in [0.25, 0.3) is 0 Å². The zero-order chi connectivity index (χ0) is 10.7. The van der Waals surface area contributed by atoms with E-state index in [4.69, 9.17) is 0 Å². The van der Waals surface area contributed by atoms with Gasteiger partial charge in [-0.1, -0.05) is 0 Å². The molecule has 10 heteroatoms. The van der Waals surface area contributed by atoms with Crippen molar-refractivity contribution >= 4 is 16.3 Å². The molecule has 0 aliphatic carbocycles. The molecule has 0 aliphatic heterocycles. The number of carbonyl (C=O) groups excluding carboxylic acids is 1. The number of hydrogen-bond donors (Lipinski definition) is 0. The summed E-state index contributed by atoms with van der Waals surface area (Å²) in [5, 5.41) is 0. The number of hydrogen-bond acceptors (Lipinski definition) is 5. The Morgan fingerprint density at radius 2 is 1.86 bits per heavy atom. The Morgan fingerprint density at radius 3 is 2.14 bits per heavy atom. The first-order chi connectivity index (χ1) is 5.70. The molecule has 0 aromatic heterocycles. The Labute approximate surface area is 91.3 Å². The predicted molar refractivity (Wildman–Crippen MR) is 34.2 cm³/mol. The summed E-state index contributed by atoms with van der Waals surface area (Å²) in [5.41, 5.74) is -5.63. The molecule has 0 aromatic rings. The van der Waals surface area contributed by atoms with E-state index in [1.54, 1.807) is 0 Å². The van der Waals surface area contributed by atoms with Crippen molar-refractivity contribution in [1.29, 1.82) is 0 Å². The van der Waals surface area contributed by atoms with E-state index in [9.17, 15) is 26.4 Å². The molecule has 0 unspecified atom stereocenters. The summed E-state index contributed by atoms with van der Waals surface area (Å²) in [4.78, 5) is 10.2. The number of ether oxygens (including phenoxy) is 1. The van der Waals surface area contributed by atoms with Crippen molar-refractivity contribution < 1.29 is 55.6 Å². The molecule has 0 aliphatic rings. The van der Waals surface area contributed by atoms with Crippen LogP contribution in [-0.2, 0) is 19.0 Å². The summed E-state index contributed by atoms with van der Waals surface area (Å²) in [7, 11) is -5.89. The first-order valence-electron chi connectivity index (χ1n) is 2.88. The van der Waals surface area contributed by atoms with Gasteiger partial charge in [0, 0.05) is 0 Å². The van der Waals surface area contributed by atoms with E-state index in [-0.39, 0.29) is 26.9 Å². The van der Waals surface area contributed by atoms with Gasteiger partial charge in [0.15, 0.2) is 0 Å². The summed E-state index contributed by atoms with van der Waals surface area (Å²) in [6.45, 7) is 0.994. The van der Waals surface area contributed by atoms with Crippen molar-refractivity contribution in [1.82, 2.24) is 0 Å². The minimum Gasteiger partial charge on any atom is -1.00 e. The molecule has 14 heavy (non-hydrogen) atoms. The van der Waals surface area contributed by atoms with Gasteiger partial charge in [0.2, 0.25) is 0 Å². The molecular formula is C4H6F3LiO5S. The van der Waals surface area contributed by atoms with Crippen LogP contribution in [0.4, 0.5) is 18.0 Å². The molecule has 0 heterocycles. The third kappa shape index (κ3) is 4.74. The van der Waals surface area contributed by atoms with E-state index in [1.807, 2.05) is 0 Å². The maximum absolute atomic E-state index is 11.5. The SMILES string of the molecule is CCOC(=O)OS(=O)(=O)C(F)(F)F.[H-].[Li+]. The van der Waals surface area contributed by atoms with Gasteiger partial charge in [-0.3, -0.25) is 0 Å². The predicted octanol–water partition coefficient (Wildman–Crippen LogP) is -1.87. The van der Waals surface area contributed by atoms with Gasteiger partial charge in [0.1, 0.15) is 0 Å². The number of halogens is 3. The van der Waals surface area contributed by atoms with Gasteiger partial charge < -0.3 is 10.3 Å². The molecule has 0 saturated heterocycles. The largest absolute Gasteiger partial charge is 1.00 e. The van der Waals surface area contributed by atoms with Crippen molar-refractivity contribution in [2.75, 3.05) is 6.61 Å². The second-order valence-corrected chi connectivity index (χ2v) is 3.20. The van der Waals surface area contributed by atoms with Crippen LogP contribution in [-0.4, -0.2) is 26.7 Å². The molecule has 0 atom stereocenters. The van der Waals surface area contributed by atoms with Gasteiger partial charge in [-0.2, -0.15) is 21.6 Å². The minimum absolute atomic E-state index is 0. The summed E-state index contributed by atoms with van der Waals surface area (Å²) < 4.78 is 61.6. The van der Waals surface area contributed by atoms with Gasteiger partial charge >= 0.3 is 40.6 Å². The molecule has 0 rings (SSSR count). The van der Waals surface area contributed by atoms with Crippen LogP contribution in [0, 0.1) is 0 Å². The number of rotatable bonds is 2. The Hall–Kier alpha value is -0.393. The van der Waals surface area contributed by atoms with Gasteiger partial charge in [-0.15, -0.1) is 0 Å². The Morgan fingerprint density at radius 1 is 1.43 bits per heavy atom. The fraction of sp³-hybridized carbons (Fsp3) is 0.750. The maximum atomic E-state index is 11.5. The van der Waals surface area contributed by atoms with Crippen molar-refractivity contribution in [3.63, 3.8) is 0 Å². The third-order valence-electron chi connectivity index (χ3n) is 0.723. The monoisotopic (exact) mass is 230 g/mol. The topological polar surface area (TPSA) is 69.7 Å². The van der Waals surface area contributed by atoms with E-state index >= 15 is 0 Å². The molecule has 0 fully saturated rings. The number of alkyl halides is 3. The summed E-state index contributed by atoms with van der Waals surface area (Å²) >= 11 is 0. The zero-order valence-electron chi connectivity index (χ0n) is 8.29. The summed E-state index contributed by atoms with van der Waals surface area (Å²) in [6, 6.07) is 0. The van der Waals surface area contributed by atoms with Crippen molar-refractivity contribution in [2.45, 2.75) is 12.4 Å². The molecule has 0 spiro atoms. The Balaban J connectivity index is -0.000000720. The van der Waals surface area contributed by atoms with Crippen LogP contribution < -0.4 is 18.9 Å². The average Bonchev–Trinajstić information content (AvgIpc) is 1.83. The fourth-order valence-corrected chi connectivity index (χ4v) is 0.600. The van der Waals surface area contributed by atoms with Gasteiger partial charge in [-0.05, 0) is 6.92 Å². The van der Waals surface area contributed by atoms with E-state index < -0.39 is 21.8 Å². The zero-order valence-corrected chi connectivity index (χ0v) is 8.11. The smallest absolute Gasteiger partial charge is 1.00 e. The Kier molecular flexibility index (Phi) is 6.28. The second kappa shape index (κ2) is 5.48. The molecule has 0 aromatic carbocycles. The third-order valence-corrected chi connectivity index (χ3v) is 1.65. The maximum Gasteiger partial charge on any atom is 1.00 e. The first-order valence-corrected chi connectivity index (χ1v) is 4.29. The van der Waals surface area contributed by atoms with E-state index in [1.165, 1.54) is 6.92 Å². The second-order valence-electron chi connectivity index (χ2n) is 1.67. The first kappa shape index (κ1) is 16.1. The van der Waals surface area contributed by atoms with Gasteiger partial charge in [-0.25, -0.2) is 4.79 Å². The standard InChI is InChI=1S/C4H5F3O5S.Li.H/c1-2-11-3(8)12-13(9,10)4(5,6)7;;/h2H2,1H3;;/q;+1;-1. The van der Waals surface area contributed by atoms with E-state index in [0.29, 0.717) is 0 Å². The van der Waals surface area contributed by atoms with E-state index in [0.717, 1.165) is 0 Å². The fourth-order valence-electron chi connectivity index (χ4n) is 0.279. The molecule has 0 saturated carbocycles. The van der Waals surface area contributed by atoms with Crippen LogP contribution in [0.2, 0.25) is 0 Å². The van der Waals surface area contributed by atoms with Gasteiger partial charge in [0.05, 0.1) is 6.61 Å². The van der Waals surface area contributed by atoms with Crippen LogP contribution in [0.1, 0.15) is 8.35 Å². The molecular weight excluding hydrogens is 224 g/mol. The van der Waals surface area contributed by atoms with E-state index in [2.05, 4.69) is 8.92 Å². The van der Waals surface area contributed by atoms with Crippen LogP contribution in [0.25, 0.3) is 0 Å². The molecule has 5 nitrogen and oxygen atoms in total. The Bertz CT molecular complexity index is 289. The van der Waals surface area contributed by atoms with Crippen LogP contribution >= 0.6 is 0 Å². The molecule has 80 valence electrons. The normalized spacial score (nSPS) is 11.4. The van der Waals surface area contributed by atoms with Crippen LogP contribution in [0.5, 0.6) is 0 Å². The van der Waals surface area contributed by atoms with Crippen molar-refractivity contribution in [3.8, 4) is 0 Å². The molecule has 0 bridgehead atoms. The average molecular weight is 230 g/mol. The summed E-state index contributed by atoms with van der Waals surface area (Å²) in [5.74, 6) is 0. The molecule has 0 amide bonds. The van der Waals surface area contributed by atoms with Crippen LogP contribution in [0.15, 0.2) is 0 Å². The molecule has 0 N–H and O–H groups in total. The minimum atomic E-state index is -5.89. The van der Waals surface area contributed by atoms with Crippen molar-refractivity contribution in [3.05, 3.63) is 0 Å². The van der Waals surface area contributed by atoms with Crippen LogP contribution in [0.3, 0.4) is 0 Å². The number of carbonyl (C=O) groups is 1. The molecule has 0 radical (unpaired) electrons.